The number of nitrogen functional groups attached to an aromatic ring is 1. The first kappa shape index (κ1) is 17.7. The molecule has 8 heteroatoms. The van der Waals surface area contributed by atoms with Gasteiger partial charge in [-0.15, -0.1) is 0 Å². The van der Waals surface area contributed by atoms with Crippen LogP contribution >= 0.6 is 0 Å². The van der Waals surface area contributed by atoms with E-state index in [9.17, 15) is 22.9 Å². The zero-order valence-electron chi connectivity index (χ0n) is 13.7. The Morgan fingerprint density at radius 2 is 1.73 bits per heavy atom. The quantitative estimate of drug-likeness (QED) is 0.413. The molecular weight excluding hydrogens is 356 g/mol. The number of fused-ring (bicyclic) bond motifs is 1. The monoisotopic (exact) mass is 372 g/mol. The van der Waals surface area contributed by atoms with Crippen molar-refractivity contribution in [1.29, 1.82) is 0 Å². The topological polar surface area (TPSA) is 130 Å². The smallest absolute Gasteiger partial charge is 0.294 e. The largest absolute Gasteiger partial charge is 0.507 e. The van der Waals surface area contributed by atoms with Gasteiger partial charge in [0.15, 0.2) is 0 Å². The lowest BCUT2D eigenvalue weighted by Crippen LogP contribution is -2.13. The summed E-state index contributed by atoms with van der Waals surface area (Å²) in [6.45, 7) is 1.68. The summed E-state index contributed by atoms with van der Waals surface area (Å²) in [6.07, 6.45) is 0. The zero-order chi connectivity index (χ0) is 19.1. The third-order valence-corrected chi connectivity index (χ3v) is 4.82. The second-order valence-electron chi connectivity index (χ2n) is 5.85. The maximum atomic E-state index is 12.5. The van der Waals surface area contributed by atoms with Crippen LogP contribution in [0.15, 0.2) is 53.4 Å². The highest BCUT2D eigenvalue weighted by atomic mass is 32.2. The van der Waals surface area contributed by atoms with Gasteiger partial charge in [-0.3, -0.25) is 9.35 Å². The average Bonchev–Trinajstić information content (AvgIpc) is 2.57. The number of aromatic hydroxyl groups is 1. The highest BCUT2D eigenvalue weighted by Crippen LogP contribution is 2.36. The number of nitrogens with two attached hydrogens (primary N) is 1. The Morgan fingerprint density at radius 3 is 2.35 bits per heavy atom. The van der Waals surface area contributed by atoms with Crippen LogP contribution in [-0.4, -0.2) is 24.0 Å². The minimum atomic E-state index is -4.50. The number of rotatable bonds is 3. The van der Waals surface area contributed by atoms with E-state index in [1.807, 2.05) is 0 Å². The zero-order valence-corrected chi connectivity index (χ0v) is 14.5. The summed E-state index contributed by atoms with van der Waals surface area (Å²) in [6, 6.07) is 11.7. The summed E-state index contributed by atoms with van der Waals surface area (Å²) in [5, 5.41) is 13.6. The van der Waals surface area contributed by atoms with E-state index in [1.165, 1.54) is 18.2 Å². The molecule has 0 aliphatic carbocycles. The Morgan fingerprint density at radius 1 is 1.08 bits per heavy atom. The predicted molar refractivity (Wildman–Crippen MR) is 99.0 cm³/mol. The fraction of sp³-hybridized carbons (Fsp3) is 0.0556. The standard InChI is InChI=1S/C18H16N2O5S/c1-10-2-3-12-8-14(26(23,24)25)9-15(16(12)17(10)21)20-18(22)11-4-6-13(19)7-5-11/h2-9,21H,19H2,1H3,(H,20,22)(H,23,24,25). The minimum absolute atomic E-state index is 0.0677. The lowest BCUT2D eigenvalue weighted by Gasteiger charge is -2.13. The van der Waals surface area contributed by atoms with Gasteiger partial charge in [-0.05, 0) is 54.3 Å². The Hall–Kier alpha value is -3.10. The molecule has 0 saturated carbocycles. The molecule has 7 nitrogen and oxygen atoms in total. The third-order valence-electron chi connectivity index (χ3n) is 3.98. The molecule has 1 amide bonds. The lowest BCUT2D eigenvalue weighted by atomic mass is 10.0. The van der Waals surface area contributed by atoms with E-state index in [0.717, 1.165) is 6.07 Å². The summed E-state index contributed by atoms with van der Waals surface area (Å²) in [5.41, 5.74) is 7.02. The van der Waals surface area contributed by atoms with Crippen molar-refractivity contribution in [2.75, 3.05) is 11.1 Å². The molecule has 0 aromatic heterocycles. The molecule has 0 heterocycles. The molecule has 5 N–H and O–H groups in total. The van der Waals surface area contributed by atoms with Crippen molar-refractivity contribution in [3.8, 4) is 5.75 Å². The maximum absolute atomic E-state index is 12.5. The van der Waals surface area contributed by atoms with Gasteiger partial charge in [-0.2, -0.15) is 8.42 Å². The molecule has 0 saturated heterocycles. The number of nitrogens with one attached hydrogen (secondary N) is 1. The molecule has 0 fully saturated rings. The van der Waals surface area contributed by atoms with Gasteiger partial charge < -0.3 is 16.2 Å². The van der Waals surface area contributed by atoms with E-state index in [0.29, 0.717) is 22.2 Å². The molecule has 134 valence electrons. The SMILES string of the molecule is Cc1ccc2cc(S(=O)(=O)O)cc(NC(=O)c3ccc(N)cc3)c2c1O. The van der Waals surface area contributed by atoms with Crippen molar-refractivity contribution >= 4 is 38.2 Å². The van der Waals surface area contributed by atoms with Crippen LogP contribution < -0.4 is 11.1 Å². The van der Waals surface area contributed by atoms with Crippen LogP contribution in [0.25, 0.3) is 10.8 Å². The van der Waals surface area contributed by atoms with Gasteiger partial charge in [0.25, 0.3) is 16.0 Å². The number of carbonyl (C=O) groups excluding carboxylic acids is 1. The first-order chi connectivity index (χ1) is 12.2. The van der Waals surface area contributed by atoms with Crippen LogP contribution in [0.2, 0.25) is 0 Å². The van der Waals surface area contributed by atoms with Crippen molar-refractivity contribution in [2.45, 2.75) is 11.8 Å². The van der Waals surface area contributed by atoms with Crippen molar-refractivity contribution in [1.82, 2.24) is 0 Å². The second kappa shape index (κ2) is 6.32. The average molecular weight is 372 g/mol. The van der Waals surface area contributed by atoms with E-state index in [-0.39, 0.29) is 21.7 Å². The molecule has 3 aromatic rings. The fourth-order valence-electron chi connectivity index (χ4n) is 2.60. The van der Waals surface area contributed by atoms with Crippen LogP contribution in [0.4, 0.5) is 11.4 Å². The van der Waals surface area contributed by atoms with Gasteiger partial charge >= 0.3 is 0 Å². The van der Waals surface area contributed by atoms with Crippen molar-refractivity contribution in [3.05, 3.63) is 59.7 Å². The Labute approximate surface area is 149 Å². The molecular formula is C18H16N2O5S. The molecule has 26 heavy (non-hydrogen) atoms. The van der Waals surface area contributed by atoms with Gasteiger partial charge in [0.1, 0.15) is 5.75 Å². The Bertz CT molecular complexity index is 1120. The van der Waals surface area contributed by atoms with Crippen molar-refractivity contribution in [3.63, 3.8) is 0 Å². The van der Waals surface area contributed by atoms with Crippen LogP contribution in [0.5, 0.6) is 5.75 Å². The second-order valence-corrected chi connectivity index (χ2v) is 7.27. The van der Waals surface area contributed by atoms with Crippen LogP contribution in [0.3, 0.4) is 0 Å². The van der Waals surface area contributed by atoms with Gasteiger partial charge in [-0.25, -0.2) is 0 Å². The number of benzene rings is 3. The van der Waals surface area contributed by atoms with Gasteiger partial charge in [0.2, 0.25) is 0 Å². The molecule has 0 spiro atoms. The Kier molecular flexibility index (Phi) is 4.31. The summed E-state index contributed by atoms with van der Waals surface area (Å²) in [4.78, 5) is 12.1. The number of hydrogen-bond donors (Lipinski definition) is 4. The highest BCUT2D eigenvalue weighted by molar-refractivity contribution is 7.85. The van der Waals surface area contributed by atoms with Gasteiger partial charge in [0.05, 0.1) is 10.6 Å². The molecule has 3 rings (SSSR count). The molecule has 0 unspecified atom stereocenters. The first-order valence-electron chi connectivity index (χ1n) is 7.57. The molecule has 0 radical (unpaired) electrons. The molecule has 3 aromatic carbocycles. The molecule has 0 bridgehead atoms. The number of aryl methyl sites for hydroxylation is 1. The number of amides is 1. The molecule has 0 atom stereocenters. The minimum Gasteiger partial charge on any atom is -0.507 e. The highest BCUT2D eigenvalue weighted by Gasteiger charge is 2.18. The number of anilines is 2. The van der Waals surface area contributed by atoms with Crippen molar-refractivity contribution < 1.29 is 22.9 Å². The molecule has 0 aliphatic heterocycles. The van der Waals surface area contributed by atoms with E-state index >= 15 is 0 Å². The van der Waals surface area contributed by atoms with Crippen LogP contribution in [-0.2, 0) is 10.1 Å². The first-order valence-corrected chi connectivity index (χ1v) is 9.01. The van der Waals surface area contributed by atoms with Gasteiger partial charge in [0, 0.05) is 16.6 Å². The van der Waals surface area contributed by atoms with E-state index in [1.54, 1.807) is 31.2 Å². The Balaban J connectivity index is 2.17. The van der Waals surface area contributed by atoms with E-state index < -0.39 is 16.0 Å². The summed E-state index contributed by atoms with van der Waals surface area (Å²) < 4.78 is 32.4. The van der Waals surface area contributed by atoms with E-state index in [2.05, 4.69) is 5.32 Å². The van der Waals surface area contributed by atoms with Crippen LogP contribution in [0, 0.1) is 6.92 Å². The van der Waals surface area contributed by atoms with Gasteiger partial charge in [-0.1, -0.05) is 12.1 Å². The normalized spacial score (nSPS) is 11.5. The molecule has 0 aliphatic rings. The number of carbonyl (C=O) groups is 1. The number of hydrogen-bond acceptors (Lipinski definition) is 5. The van der Waals surface area contributed by atoms with E-state index in [4.69, 9.17) is 5.73 Å². The number of phenols is 1. The lowest BCUT2D eigenvalue weighted by molar-refractivity contribution is 0.102. The summed E-state index contributed by atoms with van der Waals surface area (Å²) >= 11 is 0. The number of phenolic OH excluding ortho intramolecular Hbond substituents is 1. The maximum Gasteiger partial charge on any atom is 0.294 e. The summed E-state index contributed by atoms with van der Waals surface area (Å²) in [5.74, 6) is -0.600. The van der Waals surface area contributed by atoms with Crippen LogP contribution in [0.1, 0.15) is 15.9 Å². The third kappa shape index (κ3) is 3.32. The predicted octanol–water partition coefficient (Wildman–Crippen LogP) is 2.94. The fourth-order valence-corrected chi connectivity index (χ4v) is 3.14. The van der Waals surface area contributed by atoms with Crippen molar-refractivity contribution in [2.24, 2.45) is 0 Å². The summed E-state index contributed by atoms with van der Waals surface area (Å²) in [7, 11) is -4.50.